The van der Waals surface area contributed by atoms with Crippen LogP contribution in [0.25, 0.3) is 0 Å². The molecule has 1 aromatic carbocycles. The molecule has 1 aliphatic heterocycles. The average Bonchev–Trinajstić information content (AvgIpc) is 3.27. The van der Waals surface area contributed by atoms with Gasteiger partial charge in [0.15, 0.2) is 5.78 Å². The van der Waals surface area contributed by atoms with Crippen molar-refractivity contribution in [2.75, 3.05) is 23.4 Å². The molecule has 1 atom stereocenters. The van der Waals surface area contributed by atoms with Crippen molar-refractivity contribution in [1.29, 1.82) is 0 Å². The highest BCUT2D eigenvalue weighted by molar-refractivity contribution is 6.11. The Labute approximate surface area is 186 Å². The largest absolute Gasteiger partial charge is 0.462 e. The van der Waals surface area contributed by atoms with Crippen molar-refractivity contribution in [2.45, 2.75) is 47.5 Å². The number of nitrogens with zero attached hydrogens (tertiary/aromatic N) is 1. The molecule has 1 N–H and O–H groups in total. The first-order valence-corrected chi connectivity index (χ1v) is 10.7. The summed E-state index contributed by atoms with van der Waals surface area (Å²) in [6.07, 6.45) is 0.803. The van der Waals surface area contributed by atoms with Gasteiger partial charge in [-0.15, -0.1) is 0 Å². The minimum atomic E-state index is -0.749. The quantitative estimate of drug-likeness (QED) is 0.518. The summed E-state index contributed by atoms with van der Waals surface area (Å²) in [5.74, 6) is -2.26. The molecule has 1 unspecified atom stereocenters. The summed E-state index contributed by atoms with van der Waals surface area (Å²) >= 11 is 0. The normalized spacial score (nSPS) is 15.7. The van der Waals surface area contributed by atoms with Crippen LogP contribution >= 0.6 is 0 Å². The van der Waals surface area contributed by atoms with E-state index in [0.29, 0.717) is 0 Å². The molecule has 2 aromatic rings. The van der Waals surface area contributed by atoms with Crippen molar-refractivity contribution in [3.05, 3.63) is 46.2 Å². The molecule has 170 valence electrons. The number of ether oxygens (including phenoxy) is 1. The number of rotatable bonds is 7. The summed E-state index contributed by atoms with van der Waals surface area (Å²) in [7, 11) is 0. The van der Waals surface area contributed by atoms with Crippen LogP contribution in [0.15, 0.2) is 22.6 Å². The molecule has 8 heteroatoms. The van der Waals surface area contributed by atoms with E-state index in [0.717, 1.165) is 23.2 Å². The summed E-state index contributed by atoms with van der Waals surface area (Å²) in [6, 6.07) is 5.87. The second kappa shape index (κ2) is 9.38. The molecule has 2 amide bonds. The highest BCUT2D eigenvalue weighted by Crippen LogP contribution is 2.33. The molecular weight excluding hydrogens is 412 g/mol. The maximum Gasteiger partial charge on any atom is 0.344 e. The number of aryl methyl sites for hydroxylation is 3. The number of hydrogen-bond acceptors (Lipinski definition) is 6. The predicted molar refractivity (Wildman–Crippen MR) is 119 cm³/mol. The van der Waals surface area contributed by atoms with Gasteiger partial charge in [0.2, 0.25) is 17.7 Å². The molecule has 8 nitrogen and oxygen atoms in total. The highest BCUT2D eigenvalue weighted by Gasteiger charge is 2.38. The van der Waals surface area contributed by atoms with Gasteiger partial charge in [-0.3, -0.25) is 19.7 Å². The number of anilines is 2. The molecule has 2 heterocycles. The van der Waals surface area contributed by atoms with Crippen LogP contribution in [0, 0.1) is 19.8 Å². The Hall–Kier alpha value is -3.42. The van der Waals surface area contributed by atoms with E-state index >= 15 is 0 Å². The molecule has 0 saturated carbocycles. The van der Waals surface area contributed by atoms with E-state index in [2.05, 4.69) is 5.32 Å². The van der Waals surface area contributed by atoms with Gasteiger partial charge in [0.05, 0.1) is 18.1 Å². The van der Waals surface area contributed by atoms with Crippen LogP contribution in [0.3, 0.4) is 0 Å². The van der Waals surface area contributed by atoms with E-state index in [1.165, 1.54) is 6.92 Å². The van der Waals surface area contributed by atoms with Crippen LogP contribution < -0.4 is 10.2 Å². The fraction of sp³-hybridized carbons (Fsp3) is 0.417. The standard InChI is InChI=1S/C24H28N2O6/c1-6-16-10-8-9-13(3)21(16)26-12-17(11-18(26)28)22(29)25-23-20(24(30)31-7-2)19(14(4)27)15(5)32-23/h8-10,17H,6-7,11-12H2,1-5H3,(H,25,29). The Morgan fingerprint density at radius 1 is 1.19 bits per heavy atom. The molecule has 0 bridgehead atoms. The minimum Gasteiger partial charge on any atom is -0.462 e. The smallest absolute Gasteiger partial charge is 0.344 e. The molecule has 0 aliphatic carbocycles. The van der Waals surface area contributed by atoms with Gasteiger partial charge in [0, 0.05) is 18.7 Å². The Morgan fingerprint density at radius 2 is 1.91 bits per heavy atom. The zero-order valence-corrected chi connectivity index (χ0v) is 19.0. The number of nitrogens with one attached hydrogen (secondary N) is 1. The van der Waals surface area contributed by atoms with Crippen molar-refractivity contribution in [3.8, 4) is 0 Å². The van der Waals surface area contributed by atoms with Gasteiger partial charge < -0.3 is 14.1 Å². The van der Waals surface area contributed by atoms with Crippen LogP contribution in [-0.2, 0) is 20.7 Å². The number of hydrogen-bond donors (Lipinski definition) is 1. The lowest BCUT2D eigenvalue weighted by Gasteiger charge is -2.22. The third kappa shape index (κ3) is 4.30. The molecule has 1 saturated heterocycles. The second-order valence-electron chi connectivity index (χ2n) is 7.84. The SMILES string of the molecule is CCOC(=O)c1c(NC(=O)C2CC(=O)N(c3c(C)cccc3CC)C2)oc(C)c1C(C)=O. The topological polar surface area (TPSA) is 106 Å². The maximum atomic E-state index is 13.0. The number of furan rings is 1. The van der Waals surface area contributed by atoms with Gasteiger partial charge in [-0.2, -0.15) is 0 Å². The van der Waals surface area contributed by atoms with Crippen LogP contribution in [0.5, 0.6) is 0 Å². The number of esters is 1. The fourth-order valence-electron chi connectivity index (χ4n) is 4.16. The Morgan fingerprint density at radius 3 is 2.53 bits per heavy atom. The lowest BCUT2D eigenvalue weighted by molar-refractivity contribution is -0.122. The van der Waals surface area contributed by atoms with Gasteiger partial charge >= 0.3 is 5.97 Å². The lowest BCUT2D eigenvalue weighted by atomic mass is 10.0. The summed E-state index contributed by atoms with van der Waals surface area (Å²) in [6.45, 7) is 8.78. The van der Waals surface area contributed by atoms with Crippen molar-refractivity contribution in [2.24, 2.45) is 5.92 Å². The number of Topliss-reactive ketones (excluding diaryl/α,β-unsaturated/α-hetero) is 1. The molecule has 32 heavy (non-hydrogen) atoms. The predicted octanol–water partition coefficient (Wildman–Crippen LogP) is 3.83. The number of carbonyl (C=O) groups excluding carboxylic acids is 4. The Balaban J connectivity index is 1.87. The molecule has 0 spiro atoms. The van der Waals surface area contributed by atoms with Crippen molar-refractivity contribution in [3.63, 3.8) is 0 Å². The summed E-state index contributed by atoms with van der Waals surface area (Å²) < 4.78 is 10.6. The van der Waals surface area contributed by atoms with Crippen LogP contribution in [0.2, 0.25) is 0 Å². The zero-order chi connectivity index (χ0) is 23.6. The first-order valence-electron chi connectivity index (χ1n) is 10.7. The van der Waals surface area contributed by atoms with Crippen molar-refractivity contribution >= 4 is 35.1 Å². The molecule has 0 radical (unpaired) electrons. The first-order chi connectivity index (χ1) is 15.2. The van der Waals surface area contributed by atoms with Crippen LogP contribution in [0.4, 0.5) is 11.6 Å². The maximum absolute atomic E-state index is 13.0. The Bertz CT molecular complexity index is 1080. The average molecular weight is 440 g/mol. The van der Waals surface area contributed by atoms with Gasteiger partial charge in [-0.25, -0.2) is 4.79 Å². The monoisotopic (exact) mass is 440 g/mol. The number of benzene rings is 1. The number of carbonyl (C=O) groups is 4. The third-order valence-electron chi connectivity index (χ3n) is 5.62. The van der Waals surface area contributed by atoms with Crippen molar-refractivity contribution < 1.29 is 28.3 Å². The molecule has 1 aromatic heterocycles. The van der Waals surface area contributed by atoms with E-state index in [1.54, 1.807) is 18.7 Å². The van der Waals surface area contributed by atoms with Crippen LogP contribution in [-0.4, -0.2) is 36.7 Å². The van der Waals surface area contributed by atoms with Crippen LogP contribution in [0.1, 0.15) is 64.8 Å². The highest BCUT2D eigenvalue weighted by atomic mass is 16.5. The Kier molecular flexibility index (Phi) is 6.81. The molecule has 1 fully saturated rings. The number of para-hydroxylation sites is 1. The van der Waals surface area contributed by atoms with E-state index in [1.807, 2.05) is 32.0 Å². The summed E-state index contributed by atoms with van der Waals surface area (Å²) in [5, 5.41) is 2.61. The molecule has 3 rings (SSSR count). The van der Waals surface area contributed by atoms with E-state index in [9.17, 15) is 19.2 Å². The van der Waals surface area contributed by atoms with Gasteiger partial charge in [0.25, 0.3) is 0 Å². The fourth-order valence-corrected chi connectivity index (χ4v) is 4.16. The van der Waals surface area contributed by atoms with E-state index in [4.69, 9.17) is 9.15 Å². The van der Waals surface area contributed by atoms with Gasteiger partial charge in [-0.05, 0) is 45.2 Å². The van der Waals surface area contributed by atoms with Gasteiger partial charge in [-0.1, -0.05) is 25.1 Å². The molecule has 1 aliphatic rings. The zero-order valence-electron chi connectivity index (χ0n) is 19.0. The van der Waals surface area contributed by atoms with E-state index in [-0.39, 0.29) is 54.0 Å². The van der Waals surface area contributed by atoms with Gasteiger partial charge in [0.1, 0.15) is 11.3 Å². The lowest BCUT2D eigenvalue weighted by Crippen LogP contribution is -2.29. The number of ketones is 1. The summed E-state index contributed by atoms with van der Waals surface area (Å²) in [5.41, 5.74) is 2.83. The number of amides is 2. The summed E-state index contributed by atoms with van der Waals surface area (Å²) in [4.78, 5) is 51.9. The van der Waals surface area contributed by atoms with Crippen molar-refractivity contribution in [1.82, 2.24) is 0 Å². The first kappa shape index (κ1) is 23.2. The third-order valence-corrected chi connectivity index (χ3v) is 5.62. The van der Waals surface area contributed by atoms with E-state index < -0.39 is 17.8 Å². The second-order valence-corrected chi connectivity index (χ2v) is 7.84. The minimum absolute atomic E-state index is 0.0390. The molecular formula is C24H28N2O6.